The molecule has 2 fully saturated rings. The van der Waals surface area contributed by atoms with E-state index in [4.69, 9.17) is 18.9 Å². The molecule has 0 aromatic rings. The molecule has 8 nitrogen and oxygen atoms in total. The summed E-state index contributed by atoms with van der Waals surface area (Å²) in [5, 5.41) is 0. The van der Waals surface area contributed by atoms with Crippen LogP contribution in [0.15, 0.2) is 35.5 Å². The minimum atomic E-state index is -1.11. The average molecular weight is 446 g/mol. The lowest BCUT2D eigenvalue weighted by atomic mass is 9.62. The third kappa shape index (κ3) is 3.65. The van der Waals surface area contributed by atoms with E-state index < -0.39 is 40.5 Å². The van der Waals surface area contributed by atoms with Gasteiger partial charge in [0.2, 0.25) is 0 Å². The van der Waals surface area contributed by atoms with E-state index >= 15 is 0 Å². The molecule has 0 radical (unpaired) electrons. The highest BCUT2D eigenvalue weighted by Gasteiger charge is 2.74. The van der Waals surface area contributed by atoms with Crippen molar-refractivity contribution in [3.05, 3.63) is 35.5 Å². The van der Waals surface area contributed by atoms with Crippen molar-refractivity contribution < 1.29 is 38.1 Å². The van der Waals surface area contributed by atoms with Crippen molar-refractivity contribution in [3.8, 4) is 0 Å². The standard InChI is InChI=1S/C24H30O8/c1-15(19(26)29-4)7-6-11-22(3)18-10-13-23(21(28)32-22)12-8-17(20(27)30-5)9-14-24(18,23)31-16(2)25/h6-8,11,18H,9-10,12-14H2,1-5H3/b11-6+,15-7+/t18-,22-,23+,24-/m0/s1. The fraction of sp³-hybridized carbons (Fsp3) is 0.583. The molecule has 3 aliphatic rings. The molecule has 32 heavy (non-hydrogen) atoms. The third-order valence-electron chi connectivity index (χ3n) is 7.14. The van der Waals surface area contributed by atoms with E-state index in [1.54, 1.807) is 38.2 Å². The summed E-state index contributed by atoms with van der Waals surface area (Å²) in [5.74, 6) is -2.15. The number of rotatable bonds is 5. The van der Waals surface area contributed by atoms with Crippen molar-refractivity contribution in [3.63, 3.8) is 0 Å². The maximum absolute atomic E-state index is 13.5. The van der Waals surface area contributed by atoms with E-state index in [1.807, 2.05) is 0 Å². The molecule has 0 amide bonds. The molecule has 1 aliphatic heterocycles. The smallest absolute Gasteiger partial charge is 0.333 e. The second kappa shape index (κ2) is 8.56. The number of cyclic esters (lactones) is 1. The topological polar surface area (TPSA) is 105 Å². The first-order chi connectivity index (χ1) is 15.0. The number of carbonyl (C=O) groups is 4. The Bertz CT molecular complexity index is 928. The van der Waals surface area contributed by atoms with Gasteiger partial charge < -0.3 is 18.9 Å². The van der Waals surface area contributed by atoms with E-state index in [0.29, 0.717) is 36.8 Å². The summed E-state index contributed by atoms with van der Waals surface area (Å²) in [4.78, 5) is 49.5. The van der Waals surface area contributed by atoms with E-state index in [-0.39, 0.29) is 12.3 Å². The molecule has 174 valence electrons. The maximum Gasteiger partial charge on any atom is 0.333 e. The average Bonchev–Trinajstić information content (AvgIpc) is 2.89. The largest absolute Gasteiger partial charge is 0.466 e. The van der Waals surface area contributed by atoms with Crippen LogP contribution in [0.2, 0.25) is 0 Å². The van der Waals surface area contributed by atoms with E-state index in [9.17, 15) is 19.2 Å². The number of carbonyl (C=O) groups excluding carboxylic acids is 4. The van der Waals surface area contributed by atoms with Gasteiger partial charge in [-0.15, -0.1) is 0 Å². The highest BCUT2D eigenvalue weighted by atomic mass is 16.6. The van der Waals surface area contributed by atoms with Gasteiger partial charge in [0.1, 0.15) is 16.6 Å². The lowest BCUT2D eigenvalue weighted by Gasteiger charge is -2.54. The monoisotopic (exact) mass is 446 g/mol. The quantitative estimate of drug-likeness (QED) is 0.275. The Morgan fingerprint density at radius 2 is 1.88 bits per heavy atom. The molecular weight excluding hydrogens is 416 g/mol. The summed E-state index contributed by atoms with van der Waals surface area (Å²) in [6.07, 6.45) is 8.66. The molecule has 2 aliphatic carbocycles. The van der Waals surface area contributed by atoms with Crippen LogP contribution in [0.1, 0.15) is 52.9 Å². The minimum Gasteiger partial charge on any atom is -0.466 e. The zero-order chi connectivity index (χ0) is 23.7. The molecule has 0 spiro atoms. The minimum absolute atomic E-state index is 0.237. The number of hydrogen-bond acceptors (Lipinski definition) is 8. The van der Waals surface area contributed by atoms with E-state index in [1.165, 1.54) is 21.1 Å². The van der Waals surface area contributed by atoms with Crippen LogP contribution in [0.5, 0.6) is 0 Å². The second-order valence-corrected chi connectivity index (χ2v) is 8.86. The Hall–Kier alpha value is -2.90. The molecule has 0 aromatic heterocycles. The van der Waals surface area contributed by atoms with Crippen LogP contribution in [0.3, 0.4) is 0 Å². The molecule has 1 heterocycles. The lowest BCUT2D eigenvalue weighted by molar-refractivity contribution is -0.235. The number of allylic oxidation sites excluding steroid dienone is 3. The van der Waals surface area contributed by atoms with Crippen LogP contribution in [-0.2, 0) is 38.1 Å². The number of esters is 4. The van der Waals surface area contributed by atoms with Gasteiger partial charge in [-0.2, -0.15) is 0 Å². The van der Waals surface area contributed by atoms with Gasteiger partial charge >= 0.3 is 23.9 Å². The Morgan fingerprint density at radius 3 is 2.50 bits per heavy atom. The fourth-order valence-corrected chi connectivity index (χ4v) is 5.61. The van der Waals surface area contributed by atoms with Crippen LogP contribution >= 0.6 is 0 Å². The molecule has 1 saturated carbocycles. The SMILES string of the molecule is COC(=O)C1=CC[C@]23CC[C@H]([C@@]2(OC(C)=O)CC1)[C@](C)(/C=C/C=C(\C)C(=O)OC)OC3=O. The molecular formula is C24H30O8. The molecule has 3 rings (SSSR count). The second-order valence-electron chi connectivity index (χ2n) is 8.86. The normalized spacial score (nSPS) is 34.2. The first-order valence-electron chi connectivity index (χ1n) is 10.7. The van der Waals surface area contributed by atoms with Crippen molar-refractivity contribution in [2.75, 3.05) is 14.2 Å². The maximum atomic E-state index is 13.5. The van der Waals surface area contributed by atoms with Crippen molar-refractivity contribution in [2.24, 2.45) is 11.3 Å². The third-order valence-corrected chi connectivity index (χ3v) is 7.14. The summed E-state index contributed by atoms with van der Waals surface area (Å²) in [6.45, 7) is 4.74. The molecule has 0 aromatic carbocycles. The molecule has 2 bridgehead atoms. The summed E-state index contributed by atoms with van der Waals surface area (Å²) in [7, 11) is 2.62. The first kappa shape index (κ1) is 23.8. The van der Waals surface area contributed by atoms with Crippen LogP contribution in [-0.4, -0.2) is 49.3 Å². The molecule has 4 atom stereocenters. The number of methoxy groups -OCH3 is 2. The molecule has 8 heteroatoms. The molecule has 0 N–H and O–H groups in total. The molecule has 1 saturated heterocycles. The Kier molecular flexibility index (Phi) is 6.36. The van der Waals surface area contributed by atoms with Crippen molar-refractivity contribution in [1.82, 2.24) is 0 Å². The number of hydrogen-bond donors (Lipinski definition) is 0. The lowest BCUT2D eigenvalue weighted by Crippen LogP contribution is -2.65. The zero-order valence-corrected chi connectivity index (χ0v) is 19.2. The summed E-state index contributed by atoms with van der Waals surface area (Å²) < 4.78 is 21.5. The highest BCUT2D eigenvalue weighted by Crippen LogP contribution is 2.65. The summed E-state index contributed by atoms with van der Waals surface area (Å²) in [5.41, 5.74) is -2.36. The van der Waals surface area contributed by atoms with Gasteiger partial charge in [-0.25, -0.2) is 9.59 Å². The van der Waals surface area contributed by atoms with Crippen LogP contribution in [0, 0.1) is 11.3 Å². The zero-order valence-electron chi connectivity index (χ0n) is 19.2. The number of ether oxygens (including phenoxy) is 4. The van der Waals surface area contributed by atoms with E-state index in [2.05, 4.69) is 0 Å². The van der Waals surface area contributed by atoms with Gasteiger partial charge in [-0.1, -0.05) is 18.2 Å². The van der Waals surface area contributed by atoms with E-state index in [0.717, 1.165) is 0 Å². The van der Waals surface area contributed by atoms with Gasteiger partial charge in [0.25, 0.3) is 0 Å². The predicted octanol–water partition coefficient (Wildman–Crippen LogP) is 2.96. The summed E-state index contributed by atoms with van der Waals surface area (Å²) in [6, 6.07) is 0. The Labute approximate surface area is 187 Å². The molecule has 0 unspecified atom stereocenters. The van der Waals surface area contributed by atoms with Gasteiger partial charge in [0.05, 0.1) is 14.2 Å². The van der Waals surface area contributed by atoms with Gasteiger partial charge in [0.15, 0.2) is 0 Å². The van der Waals surface area contributed by atoms with Crippen LogP contribution < -0.4 is 0 Å². The highest BCUT2D eigenvalue weighted by molar-refractivity contribution is 5.90. The van der Waals surface area contributed by atoms with Crippen molar-refractivity contribution in [1.29, 1.82) is 0 Å². The summed E-state index contributed by atoms with van der Waals surface area (Å²) >= 11 is 0. The van der Waals surface area contributed by atoms with Crippen LogP contribution in [0.25, 0.3) is 0 Å². The van der Waals surface area contributed by atoms with Crippen molar-refractivity contribution in [2.45, 2.75) is 64.1 Å². The van der Waals surface area contributed by atoms with Crippen molar-refractivity contribution >= 4 is 23.9 Å². The Morgan fingerprint density at radius 1 is 1.16 bits per heavy atom. The first-order valence-corrected chi connectivity index (χ1v) is 10.7. The fourth-order valence-electron chi connectivity index (χ4n) is 5.61. The Balaban J connectivity index is 2.04. The predicted molar refractivity (Wildman–Crippen MR) is 113 cm³/mol. The van der Waals surface area contributed by atoms with Gasteiger partial charge in [-0.3, -0.25) is 9.59 Å². The van der Waals surface area contributed by atoms with Crippen LogP contribution in [0.4, 0.5) is 0 Å². The van der Waals surface area contributed by atoms with Gasteiger partial charge in [-0.05, 0) is 52.0 Å². The van der Waals surface area contributed by atoms with Gasteiger partial charge in [0, 0.05) is 24.0 Å².